The minimum absolute atomic E-state index is 0.531. The van der Waals surface area contributed by atoms with Crippen LogP contribution in [-0.4, -0.2) is 24.7 Å². The molecule has 0 spiro atoms. The third kappa shape index (κ3) is 1.01. The van der Waals surface area contributed by atoms with Gasteiger partial charge in [-0.25, -0.2) is 0 Å². The third-order valence-electron chi connectivity index (χ3n) is 1.43. The Bertz CT molecular complexity index is 101. The van der Waals surface area contributed by atoms with E-state index in [0.29, 0.717) is 6.04 Å². The molecule has 0 saturated carbocycles. The summed E-state index contributed by atoms with van der Waals surface area (Å²) < 4.78 is 5.00. The molecule has 0 N–H and O–H groups in total. The van der Waals surface area contributed by atoms with Gasteiger partial charge in [0.25, 0.3) is 0 Å². The Labute approximate surface area is 49.7 Å². The van der Waals surface area contributed by atoms with Crippen molar-refractivity contribution in [3.63, 3.8) is 0 Å². The predicted molar refractivity (Wildman–Crippen MR) is 32.3 cm³/mol. The summed E-state index contributed by atoms with van der Waals surface area (Å²) in [6.07, 6.45) is 3.79. The molecule has 2 nitrogen and oxygen atoms in total. The SMILES string of the molecule is CC1C=COCN1C. The van der Waals surface area contributed by atoms with Crippen molar-refractivity contribution in [3.05, 3.63) is 12.3 Å². The summed E-state index contributed by atoms with van der Waals surface area (Å²) in [6.45, 7) is 2.86. The number of rotatable bonds is 0. The number of nitrogens with zero attached hydrogens (tertiary/aromatic N) is 1. The van der Waals surface area contributed by atoms with E-state index in [0.717, 1.165) is 6.73 Å². The average molecular weight is 113 g/mol. The molecule has 0 aliphatic carbocycles. The van der Waals surface area contributed by atoms with Gasteiger partial charge in [-0.2, -0.15) is 0 Å². The number of hydrogen-bond acceptors (Lipinski definition) is 2. The van der Waals surface area contributed by atoms with Crippen LogP contribution in [-0.2, 0) is 4.74 Å². The summed E-state index contributed by atoms with van der Waals surface area (Å²) in [7, 11) is 2.04. The highest BCUT2D eigenvalue weighted by Gasteiger charge is 2.07. The molecule has 1 heterocycles. The smallest absolute Gasteiger partial charge is 0.141 e. The Morgan fingerprint density at radius 3 is 2.88 bits per heavy atom. The summed E-state index contributed by atoms with van der Waals surface area (Å²) in [5.41, 5.74) is 0. The van der Waals surface area contributed by atoms with Gasteiger partial charge < -0.3 is 4.74 Å². The van der Waals surface area contributed by atoms with Crippen molar-refractivity contribution < 1.29 is 4.74 Å². The van der Waals surface area contributed by atoms with Crippen LogP contribution in [0.5, 0.6) is 0 Å². The second-order valence-corrected chi connectivity index (χ2v) is 2.12. The lowest BCUT2D eigenvalue weighted by Crippen LogP contribution is -2.31. The third-order valence-corrected chi connectivity index (χ3v) is 1.43. The predicted octanol–water partition coefficient (Wildman–Crippen LogP) is 0.808. The zero-order chi connectivity index (χ0) is 5.98. The zero-order valence-electron chi connectivity index (χ0n) is 5.29. The molecule has 1 aliphatic rings. The molecule has 0 amide bonds. The molecule has 1 unspecified atom stereocenters. The molecule has 0 fully saturated rings. The van der Waals surface area contributed by atoms with Gasteiger partial charge >= 0.3 is 0 Å². The van der Waals surface area contributed by atoms with E-state index in [9.17, 15) is 0 Å². The summed E-state index contributed by atoms with van der Waals surface area (Å²) in [5.74, 6) is 0. The highest BCUT2D eigenvalue weighted by molar-refractivity contribution is 4.88. The van der Waals surface area contributed by atoms with Gasteiger partial charge in [0.2, 0.25) is 0 Å². The van der Waals surface area contributed by atoms with E-state index >= 15 is 0 Å². The maximum Gasteiger partial charge on any atom is 0.141 e. The molecule has 0 radical (unpaired) electrons. The normalized spacial score (nSPS) is 30.0. The molecular weight excluding hydrogens is 102 g/mol. The largest absolute Gasteiger partial charge is 0.486 e. The number of ether oxygens (including phenoxy) is 1. The van der Waals surface area contributed by atoms with E-state index in [4.69, 9.17) is 4.74 Å². The molecule has 46 valence electrons. The first-order valence-electron chi connectivity index (χ1n) is 2.79. The topological polar surface area (TPSA) is 12.5 Å². The second-order valence-electron chi connectivity index (χ2n) is 2.12. The number of likely N-dealkylation sites (N-methyl/N-ethyl adjacent to an activating group) is 1. The second kappa shape index (κ2) is 2.18. The van der Waals surface area contributed by atoms with Crippen LogP contribution in [0.4, 0.5) is 0 Å². The van der Waals surface area contributed by atoms with E-state index in [2.05, 4.69) is 11.8 Å². The van der Waals surface area contributed by atoms with Crippen molar-refractivity contribution >= 4 is 0 Å². The Balaban J connectivity index is 2.47. The van der Waals surface area contributed by atoms with Crippen molar-refractivity contribution in [2.75, 3.05) is 13.8 Å². The van der Waals surface area contributed by atoms with E-state index in [-0.39, 0.29) is 0 Å². The lowest BCUT2D eigenvalue weighted by molar-refractivity contribution is 0.0771. The molecule has 1 rings (SSSR count). The van der Waals surface area contributed by atoms with Gasteiger partial charge in [0, 0.05) is 6.04 Å². The Kier molecular flexibility index (Phi) is 1.53. The first-order valence-corrected chi connectivity index (χ1v) is 2.79. The van der Waals surface area contributed by atoms with Crippen molar-refractivity contribution in [2.24, 2.45) is 0 Å². The van der Waals surface area contributed by atoms with E-state index in [1.807, 2.05) is 13.1 Å². The van der Waals surface area contributed by atoms with Crippen molar-refractivity contribution in [2.45, 2.75) is 13.0 Å². The van der Waals surface area contributed by atoms with Gasteiger partial charge in [-0.05, 0) is 20.0 Å². The van der Waals surface area contributed by atoms with E-state index in [1.165, 1.54) is 0 Å². The molecule has 2 heteroatoms. The number of hydrogen-bond donors (Lipinski definition) is 0. The van der Waals surface area contributed by atoms with Crippen LogP contribution in [0, 0.1) is 0 Å². The van der Waals surface area contributed by atoms with Crippen LogP contribution in [0.2, 0.25) is 0 Å². The maximum absolute atomic E-state index is 5.00. The highest BCUT2D eigenvalue weighted by atomic mass is 16.5. The molecule has 8 heavy (non-hydrogen) atoms. The summed E-state index contributed by atoms with van der Waals surface area (Å²) in [5, 5.41) is 0. The lowest BCUT2D eigenvalue weighted by atomic mass is 10.3. The highest BCUT2D eigenvalue weighted by Crippen LogP contribution is 2.02. The molecular formula is C6H11NO. The Morgan fingerprint density at radius 1 is 1.75 bits per heavy atom. The molecule has 1 aliphatic heterocycles. The fourth-order valence-corrected chi connectivity index (χ4v) is 0.594. The lowest BCUT2D eigenvalue weighted by Gasteiger charge is -2.24. The van der Waals surface area contributed by atoms with Crippen LogP contribution < -0.4 is 0 Å². The van der Waals surface area contributed by atoms with Crippen molar-refractivity contribution in [1.29, 1.82) is 0 Å². The van der Waals surface area contributed by atoms with Crippen molar-refractivity contribution in [3.8, 4) is 0 Å². The summed E-state index contributed by atoms with van der Waals surface area (Å²) in [6, 6.07) is 0.531. The van der Waals surface area contributed by atoms with Gasteiger partial charge in [0.05, 0.1) is 6.26 Å². The van der Waals surface area contributed by atoms with Gasteiger partial charge in [0.15, 0.2) is 0 Å². The summed E-state index contributed by atoms with van der Waals surface area (Å²) in [4.78, 5) is 2.12. The van der Waals surface area contributed by atoms with Crippen LogP contribution in [0.25, 0.3) is 0 Å². The molecule has 1 atom stereocenters. The average Bonchev–Trinajstić information content (AvgIpc) is 1.77. The quantitative estimate of drug-likeness (QED) is 0.461. The van der Waals surface area contributed by atoms with Crippen LogP contribution in [0.15, 0.2) is 12.3 Å². The summed E-state index contributed by atoms with van der Waals surface area (Å²) >= 11 is 0. The first-order chi connectivity index (χ1) is 3.80. The van der Waals surface area contributed by atoms with Gasteiger partial charge in [0.1, 0.15) is 6.73 Å². The van der Waals surface area contributed by atoms with E-state index < -0.39 is 0 Å². The Hall–Kier alpha value is -0.500. The van der Waals surface area contributed by atoms with Gasteiger partial charge in [-0.3, -0.25) is 4.90 Å². The Morgan fingerprint density at radius 2 is 2.50 bits per heavy atom. The van der Waals surface area contributed by atoms with E-state index in [1.54, 1.807) is 6.26 Å². The van der Waals surface area contributed by atoms with Crippen LogP contribution >= 0.6 is 0 Å². The first kappa shape index (κ1) is 5.63. The fraction of sp³-hybridized carbons (Fsp3) is 0.667. The molecule has 0 aromatic heterocycles. The maximum atomic E-state index is 5.00. The monoisotopic (exact) mass is 113 g/mol. The van der Waals surface area contributed by atoms with Gasteiger partial charge in [-0.15, -0.1) is 0 Å². The zero-order valence-corrected chi connectivity index (χ0v) is 5.29. The molecule has 0 aromatic rings. The molecule has 0 aromatic carbocycles. The standard InChI is InChI=1S/C6H11NO/c1-6-3-4-8-5-7(6)2/h3-4,6H,5H2,1-2H3. The fourth-order valence-electron chi connectivity index (χ4n) is 0.594. The molecule has 0 saturated heterocycles. The van der Waals surface area contributed by atoms with Crippen LogP contribution in [0.1, 0.15) is 6.92 Å². The minimum Gasteiger partial charge on any atom is -0.486 e. The molecule has 0 bridgehead atoms. The van der Waals surface area contributed by atoms with Gasteiger partial charge in [-0.1, -0.05) is 0 Å². The minimum atomic E-state index is 0.531. The van der Waals surface area contributed by atoms with Crippen LogP contribution in [0.3, 0.4) is 0 Å². The van der Waals surface area contributed by atoms with Crippen molar-refractivity contribution in [1.82, 2.24) is 4.90 Å².